The van der Waals surface area contributed by atoms with E-state index in [9.17, 15) is 4.79 Å². The van der Waals surface area contributed by atoms with Crippen molar-refractivity contribution in [1.82, 2.24) is 5.32 Å². The van der Waals surface area contributed by atoms with Gasteiger partial charge in [0.15, 0.2) is 0 Å². The van der Waals surface area contributed by atoms with Crippen LogP contribution in [0.25, 0.3) is 0 Å². The van der Waals surface area contributed by atoms with Gasteiger partial charge in [-0.1, -0.05) is 19.4 Å². The fourth-order valence-electron chi connectivity index (χ4n) is 1.39. The molecule has 76 valence electrons. The first-order valence-electron chi connectivity index (χ1n) is 5.03. The molecular formula is C11H16N2O. The minimum absolute atomic E-state index is 0.0547. The van der Waals surface area contributed by atoms with Crippen molar-refractivity contribution in [3.8, 4) is 6.07 Å². The number of nitrogens with zero attached hydrogens (tertiary/aromatic N) is 1. The van der Waals surface area contributed by atoms with E-state index in [2.05, 4.69) is 18.0 Å². The second-order valence-corrected chi connectivity index (χ2v) is 3.81. The van der Waals surface area contributed by atoms with Crippen LogP contribution in [-0.4, -0.2) is 11.4 Å². The molecule has 0 bridgehead atoms. The SMILES string of the molecule is C=CC(CCC)C(=O)NC1(C#N)CC1. The maximum Gasteiger partial charge on any atom is 0.228 e. The Morgan fingerprint density at radius 2 is 2.43 bits per heavy atom. The van der Waals surface area contributed by atoms with Gasteiger partial charge >= 0.3 is 0 Å². The number of nitriles is 1. The zero-order valence-electron chi connectivity index (χ0n) is 8.55. The summed E-state index contributed by atoms with van der Waals surface area (Å²) in [5.41, 5.74) is -0.550. The van der Waals surface area contributed by atoms with Gasteiger partial charge in [0.05, 0.1) is 12.0 Å². The summed E-state index contributed by atoms with van der Waals surface area (Å²) in [5, 5.41) is 11.6. The zero-order valence-corrected chi connectivity index (χ0v) is 8.55. The highest BCUT2D eigenvalue weighted by atomic mass is 16.2. The Kier molecular flexibility index (Phi) is 3.29. The first kappa shape index (κ1) is 10.8. The van der Waals surface area contributed by atoms with Crippen molar-refractivity contribution in [3.05, 3.63) is 12.7 Å². The van der Waals surface area contributed by atoms with Crippen molar-refractivity contribution in [2.75, 3.05) is 0 Å². The molecule has 1 unspecified atom stereocenters. The summed E-state index contributed by atoms with van der Waals surface area (Å²) in [6.07, 6.45) is 4.98. The van der Waals surface area contributed by atoms with Crippen molar-refractivity contribution in [1.29, 1.82) is 5.26 Å². The van der Waals surface area contributed by atoms with Gasteiger partial charge in [-0.15, -0.1) is 6.58 Å². The number of nitrogens with one attached hydrogen (secondary N) is 1. The van der Waals surface area contributed by atoms with Gasteiger partial charge in [-0.2, -0.15) is 5.26 Å². The second-order valence-electron chi connectivity index (χ2n) is 3.81. The Morgan fingerprint density at radius 1 is 1.79 bits per heavy atom. The molecule has 0 aromatic carbocycles. The average Bonchev–Trinajstić information content (AvgIpc) is 2.94. The minimum atomic E-state index is -0.550. The van der Waals surface area contributed by atoms with Crippen molar-refractivity contribution < 1.29 is 4.79 Å². The van der Waals surface area contributed by atoms with E-state index in [1.165, 1.54) is 0 Å². The summed E-state index contributed by atoms with van der Waals surface area (Å²) >= 11 is 0. The third kappa shape index (κ3) is 2.35. The molecule has 1 amide bonds. The third-order valence-electron chi connectivity index (χ3n) is 2.55. The summed E-state index contributed by atoms with van der Waals surface area (Å²) in [5.74, 6) is -0.202. The van der Waals surface area contributed by atoms with E-state index in [1.54, 1.807) is 6.08 Å². The van der Waals surface area contributed by atoms with E-state index in [1.807, 2.05) is 6.92 Å². The predicted molar refractivity (Wildman–Crippen MR) is 54.3 cm³/mol. The number of carbonyl (C=O) groups is 1. The number of amides is 1. The van der Waals surface area contributed by atoms with Gasteiger partial charge in [0.25, 0.3) is 0 Å². The average molecular weight is 192 g/mol. The molecule has 0 aromatic heterocycles. The third-order valence-corrected chi connectivity index (χ3v) is 2.55. The summed E-state index contributed by atoms with van der Waals surface area (Å²) in [7, 11) is 0. The molecule has 14 heavy (non-hydrogen) atoms. The maximum atomic E-state index is 11.6. The van der Waals surface area contributed by atoms with Crippen LogP contribution in [-0.2, 0) is 4.79 Å². The fourth-order valence-corrected chi connectivity index (χ4v) is 1.39. The fraction of sp³-hybridized carbons (Fsp3) is 0.636. The molecule has 1 atom stereocenters. The van der Waals surface area contributed by atoms with Gasteiger partial charge in [0, 0.05) is 0 Å². The van der Waals surface area contributed by atoms with Crippen LogP contribution < -0.4 is 5.32 Å². The highest BCUT2D eigenvalue weighted by Crippen LogP contribution is 2.34. The topological polar surface area (TPSA) is 52.9 Å². The lowest BCUT2D eigenvalue weighted by atomic mass is 10.0. The maximum absolute atomic E-state index is 11.6. The normalized spacial score (nSPS) is 19.1. The molecule has 1 fully saturated rings. The van der Waals surface area contributed by atoms with Gasteiger partial charge in [0.2, 0.25) is 5.91 Å². The van der Waals surface area contributed by atoms with Crippen LogP contribution in [0.4, 0.5) is 0 Å². The molecule has 0 aliphatic heterocycles. The molecule has 1 aliphatic rings. The van der Waals surface area contributed by atoms with Gasteiger partial charge in [0.1, 0.15) is 5.54 Å². The Bertz CT molecular complexity index is 274. The number of hydrogen-bond acceptors (Lipinski definition) is 2. The Balaban J connectivity index is 2.48. The van der Waals surface area contributed by atoms with Crippen LogP contribution in [0.2, 0.25) is 0 Å². The Hall–Kier alpha value is -1.30. The van der Waals surface area contributed by atoms with E-state index in [0.717, 1.165) is 25.7 Å². The smallest absolute Gasteiger partial charge is 0.228 e. The summed E-state index contributed by atoms with van der Waals surface area (Å²) < 4.78 is 0. The lowest BCUT2D eigenvalue weighted by molar-refractivity contribution is -0.124. The largest absolute Gasteiger partial charge is 0.337 e. The van der Waals surface area contributed by atoms with Gasteiger partial charge in [-0.25, -0.2) is 0 Å². The molecule has 1 aliphatic carbocycles. The first-order valence-corrected chi connectivity index (χ1v) is 5.03. The molecule has 1 N–H and O–H groups in total. The lowest BCUT2D eigenvalue weighted by Crippen LogP contribution is -2.39. The van der Waals surface area contributed by atoms with Crippen molar-refractivity contribution in [2.45, 2.75) is 38.1 Å². The molecule has 0 saturated heterocycles. The molecule has 0 heterocycles. The molecule has 0 spiro atoms. The van der Waals surface area contributed by atoms with Crippen LogP contribution in [0.15, 0.2) is 12.7 Å². The molecule has 1 saturated carbocycles. The predicted octanol–water partition coefficient (Wildman–Crippen LogP) is 1.76. The van der Waals surface area contributed by atoms with E-state index in [4.69, 9.17) is 5.26 Å². The summed E-state index contributed by atoms with van der Waals surface area (Å²) in [6.45, 7) is 5.66. The number of hydrogen-bond donors (Lipinski definition) is 1. The lowest BCUT2D eigenvalue weighted by Gasteiger charge is -2.14. The van der Waals surface area contributed by atoms with Gasteiger partial charge < -0.3 is 5.32 Å². The van der Waals surface area contributed by atoms with Crippen LogP contribution in [0.3, 0.4) is 0 Å². The van der Waals surface area contributed by atoms with Gasteiger partial charge in [-0.05, 0) is 19.3 Å². The standard InChI is InChI=1S/C11H16N2O/c1-3-5-9(4-2)10(14)13-11(8-12)6-7-11/h4,9H,2-3,5-7H2,1H3,(H,13,14). The van der Waals surface area contributed by atoms with E-state index < -0.39 is 5.54 Å². The molecule has 3 nitrogen and oxygen atoms in total. The van der Waals surface area contributed by atoms with Crippen molar-refractivity contribution >= 4 is 5.91 Å². The van der Waals surface area contributed by atoms with E-state index >= 15 is 0 Å². The summed E-state index contributed by atoms with van der Waals surface area (Å²) in [6, 6.07) is 2.14. The highest BCUT2D eigenvalue weighted by molar-refractivity contribution is 5.81. The van der Waals surface area contributed by atoms with Crippen LogP contribution >= 0.6 is 0 Å². The van der Waals surface area contributed by atoms with Crippen LogP contribution in [0, 0.1) is 17.2 Å². The molecule has 1 rings (SSSR count). The van der Waals surface area contributed by atoms with Crippen LogP contribution in [0.5, 0.6) is 0 Å². The molecule has 0 aromatic rings. The number of rotatable bonds is 5. The highest BCUT2D eigenvalue weighted by Gasteiger charge is 2.45. The Morgan fingerprint density at radius 3 is 2.79 bits per heavy atom. The minimum Gasteiger partial charge on any atom is -0.337 e. The second kappa shape index (κ2) is 4.28. The van der Waals surface area contributed by atoms with Crippen molar-refractivity contribution in [3.63, 3.8) is 0 Å². The monoisotopic (exact) mass is 192 g/mol. The van der Waals surface area contributed by atoms with Gasteiger partial charge in [-0.3, -0.25) is 4.79 Å². The zero-order chi connectivity index (χ0) is 10.6. The van der Waals surface area contributed by atoms with Crippen molar-refractivity contribution in [2.24, 2.45) is 5.92 Å². The molecule has 0 radical (unpaired) electrons. The number of carbonyl (C=O) groups excluding carboxylic acids is 1. The van der Waals surface area contributed by atoms with E-state index in [0.29, 0.717) is 0 Å². The Labute approximate surface area is 84.8 Å². The first-order chi connectivity index (χ1) is 6.67. The molecular weight excluding hydrogens is 176 g/mol. The molecule has 3 heteroatoms. The quantitative estimate of drug-likeness (QED) is 0.675. The van der Waals surface area contributed by atoms with E-state index in [-0.39, 0.29) is 11.8 Å². The summed E-state index contributed by atoms with van der Waals surface area (Å²) in [4.78, 5) is 11.6. The van der Waals surface area contributed by atoms with Crippen LogP contribution in [0.1, 0.15) is 32.6 Å².